The van der Waals surface area contributed by atoms with Crippen molar-refractivity contribution in [2.75, 3.05) is 13.3 Å². The number of ether oxygens (including phenoxy) is 2. The third kappa shape index (κ3) is 4.60. The highest BCUT2D eigenvalue weighted by Crippen LogP contribution is 2.38. The molecule has 1 amide bonds. The predicted molar refractivity (Wildman–Crippen MR) is 139 cm³/mol. The maximum Gasteiger partial charge on any atom is 0.266 e. The summed E-state index contributed by atoms with van der Waals surface area (Å²) >= 11 is 6.88. The van der Waals surface area contributed by atoms with E-state index in [4.69, 9.17) is 26.8 Å². The van der Waals surface area contributed by atoms with Gasteiger partial charge in [-0.15, -0.1) is 0 Å². The van der Waals surface area contributed by atoms with Crippen LogP contribution in [0.2, 0.25) is 0 Å². The Bertz CT molecular complexity index is 1250. The fourth-order valence-electron chi connectivity index (χ4n) is 4.00. The molecule has 0 aliphatic carbocycles. The van der Waals surface area contributed by atoms with Crippen molar-refractivity contribution in [2.45, 2.75) is 32.6 Å². The molecule has 2 aliphatic heterocycles. The molecular formula is C26H25N3O3S2. The molecular weight excluding hydrogens is 466 g/mol. The van der Waals surface area contributed by atoms with Crippen LogP contribution in [0.15, 0.2) is 59.6 Å². The van der Waals surface area contributed by atoms with Crippen LogP contribution in [-0.4, -0.2) is 38.2 Å². The first kappa shape index (κ1) is 22.7. The number of benzene rings is 2. The van der Waals surface area contributed by atoms with Crippen LogP contribution in [0, 0.1) is 0 Å². The Morgan fingerprint density at radius 1 is 1.09 bits per heavy atom. The zero-order valence-electron chi connectivity index (χ0n) is 18.9. The summed E-state index contributed by atoms with van der Waals surface area (Å²) in [6, 6.07) is 15.7. The highest BCUT2D eigenvalue weighted by atomic mass is 32.2. The number of unbranched alkanes of at least 4 members (excludes halogenated alkanes) is 3. The molecule has 0 radical (unpaired) electrons. The van der Waals surface area contributed by atoms with Gasteiger partial charge in [0, 0.05) is 23.9 Å². The van der Waals surface area contributed by atoms with Gasteiger partial charge in [0.25, 0.3) is 5.91 Å². The summed E-state index contributed by atoms with van der Waals surface area (Å²) < 4.78 is 13.5. The Labute approximate surface area is 208 Å². The van der Waals surface area contributed by atoms with Crippen LogP contribution in [0.4, 0.5) is 0 Å². The molecule has 2 aromatic carbocycles. The summed E-state index contributed by atoms with van der Waals surface area (Å²) in [5.41, 5.74) is 3.43. The average Bonchev–Trinajstić information content (AvgIpc) is 3.56. The number of para-hydroxylation sites is 1. The van der Waals surface area contributed by atoms with E-state index in [0.717, 1.165) is 47.5 Å². The third-order valence-corrected chi connectivity index (χ3v) is 7.18. The third-order valence-electron chi connectivity index (χ3n) is 5.80. The number of amides is 1. The molecule has 1 saturated heterocycles. The van der Waals surface area contributed by atoms with Gasteiger partial charge in [0.1, 0.15) is 10.0 Å². The smallest absolute Gasteiger partial charge is 0.266 e. The van der Waals surface area contributed by atoms with Gasteiger partial charge in [-0.2, -0.15) is 5.10 Å². The summed E-state index contributed by atoms with van der Waals surface area (Å²) in [5, 5.41) is 4.86. The lowest BCUT2D eigenvalue weighted by molar-refractivity contribution is -0.122. The van der Waals surface area contributed by atoms with Crippen molar-refractivity contribution < 1.29 is 14.3 Å². The SMILES string of the molecule is CCCCCCN1C(=O)/C(=C/c2cn(-c3ccccc3)nc2-c2ccc3c(c2)OCO3)SC1=S. The van der Waals surface area contributed by atoms with Crippen LogP contribution < -0.4 is 9.47 Å². The van der Waals surface area contributed by atoms with Crippen molar-refractivity contribution in [1.29, 1.82) is 0 Å². The maximum atomic E-state index is 13.1. The van der Waals surface area contributed by atoms with Gasteiger partial charge >= 0.3 is 0 Å². The number of carbonyl (C=O) groups excluding carboxylic acids is 1. The van der Waals surface area contributed by atoms with Crippen molar-refractivity contribution >= 4 is 40.3 Å². The topological polar surface area (TPSA) is 56.6 Å². The highest BCUT2D eigenvalue weighted by Gasteiger charge is 2.32. The minimum Gasteiger partial charge on any atom is -0.454 e. The first-order valence-electron chi connectivity index (χ1n) is 11.4. The number of fused-ring (bicyclic) bond motifs is 1. The summed E-state index contributed by atoms with van der Waals surface area (Å²) in [6.07, 6.45) is 8.24. The van der Waals surface area contributed by atoms with Crippen LogP contribution in [-0.2, 0) is 4.79 Å². The molecule has 0 unspecified atom stereocenters. The van der Waals surface area contributed by atoms with Gasteiger partial charge in [0.15, 0.2) is 11.5 Å². The molecule has 0 N–H and O–H groups in total. The lowest BCUT2D eigenvalue weighted by Gasteiger charge is -2.13. The fraction of sp³-hybridized carbons (Fsp3) is 0.269. The predicted octanol–water partition coefficient (Wildman–Crippen LogP) is 6.05. The lowest BCUT2D eigenvalue weighted by atomic mass is 10.1. The second-order valence-corrected chi connectivity index (χ2v) is 9.85. The number of aromatic nitrogens is 2. The molecule has 5 rings (SSSR count). The number of thiocarbonyl (C=S) groups is 1. The first-order valence-corrected chi connectivity index (χ1v) is 12.7. The number of rotatable bonds is 8. The number of hydrogen-bond donors (Lipinski definition) is 0. The van der Waals surface area contributed by atoms with Crippen LogP contribution >= 0.6 is 24.0 Å². The van der Waals surface area contributed by atoms with E-state index in [9.17, 15) is 4.79 Å². The Hall–Kier alpha value is -3.10. The largest absolute Gasteiger partial charge is 0.454 e. The van der Waals surface area contributed by atoms with E-state index in [-0.39, 0.29) is 12.7 Å². The number of hydrogen-bond acceptors (Lipinski definition) is 6. The van der Waals surface area contributed by atoms with Crippen LogP contribution in [0.1, 0.15) is 38.2 Å². The minimum atomic E-state index is -0.0319. The fourth-order valence-corrected chi connectivity index (χ4v) is 5.30. The summed E-state index contributed by atoms with van der Waals surface area (Å²) in [5.74, 6) is 1.38. The first-order chi connectivity index (χ1) is 16.6. The van der Waals surface area contributed by atoms with Gasteiger partial charge in [-0.1, -0.05) is 68.4 Å². The summed E-state index contributed by atoms with van der Waals surface area (Å²) in [4.78, 5) is 15.5. The standard InChI is InChI=1S/C26H25N3O3S2/c1-2-3-4-8-13-28-25(30)23(34-26(28)33)15-19-16-29(20-9-6-5-7-10-20)27-24(19)18-11-12-21-22(14-18)32-17-31-21/h5-7,9-12,14-16H,2-4,8,13,17H2,1H3/b23-15-. The summed E-state index contributed by atoms with van der Waals surface area (Å²) in [7, 11) is 0. The van der Waals surface area contributed by atoms with Crippen molar-refractivity contribution in [3.63, 3.8) is 0 Å². The highest BCUT2D eigenvalue weighted by molar-refractivity contribution is 8.26. The van der Waals surface area contributed by atoms with E-state index in [0.29, 0.717) is 21.5 Å². The molecule has 3 heterocycles. The van der Waals surface area contributed by atoms with Gasteiger partial charge in [0.05, 0.1) is 10.6 Å². The van der Waals surface area contributed by atoms with Crippen molar-refractivity contribution in [1.82, 2.24) is 14.7 Å². The molecule has 3 aromatic rings. The van der Waals surface area contributed by atoms with Gasteiger partial charge in [0.2, 0.25) is 6.79 Å². The molecule has 0 saturated carbocycles. The zero-order valence-corrected chi connectivity index (χ0v) is 20.5. The quantitative estimate of drug-likeness (QED) is 0.217. The van der Waals surface area contributed by atoms with Gasteiger partial charge < -0.3 is 9.47 Å². The maximum absolute atomic E-state index is 13.1. The Morgan fingerprint density at radius 3 is 2.74 bits per heavy atom. The number of thioether (sulfide) groups is 1. The normalized spacial score (nSPS) is 16.1. The van der Waals surface area contributed by atoms with Crippen molar-refractivity contribution in [2.24, 2.45) is 0 Å². The van der Waals surface area contributed by atoms with E-state index in [1.54, 1.807) is 4.90 Å². The van der Waals surface area contributed by atoms with Crippen molar-refractivity contribution in [3.8, 4) is 28.4 Å². The lowest BCUT2D eigenvalue weighted by Crippen LogP contribution is -2.29. The average molecular weight is 492 g/mol. The van der Waals surface area contributed by atoms with E-state index >= 15 is 0 Å². The van der Waals surface area contributed by atoms with Crippen LogP contribution in [0.25, 0.3) is 23.0 Å². The van der Waals surface area contributed by atoms with E-state index < -0.39 is 0 Å². The molecule has 34 heavy (non-hydrogen) atoms. The molecule has 174 valence electrons. The minimum absolute atomic E-state index is 0.0319. The van der Waals surface area contributed by atoms with Gasteiger partial charge in [-0.25, -0.2) is 4.68 Å². The molecule has 0 spiro atoms. The number of nitrogens with zero attached hydrogens (tertiary/aromatic N) is 3. The molecule has 8 heteroatoms. The molecule has 1 aromatic heterocycles. The van der Waals surface area contributed by atoms with E-state index in [2.05, 4.69) is 6.92 Å². The van der Waals surface area contributed by atoms with E-state index in [1.165, 1.54) is 18.2 Å². The van der Waals surface area contributed by atoms with Gasteiger partial charge in [-0.05, 0) is 42.8 Å². The number of carbonyl (C=O) groups is 1. The monoisotopic (exact) mass is 491 g/mol. The molecule has 2 aliphatic rings. The molecule has 0 bridgehead atoms. The Kier molecular flexibility index (Phi) is 6.69. The van der Waals surface area contributed by atoms with Crippen LogP contribution in [0.5, 0.6) is 11.5 Å². The Morgan fingerprint density at radius 2 is 1.91 bits per heavy atom. The molecule has 1 fully saturated rings. The van der Waals surface area contributed by atoms with Crippen LogP contribution in [0.3, 0.4) is 0 Å². The Balaban J connectivity index is 1.49. The van der Waals surface area contributed by atoms with E-state index in [1.807, 2.05) is 65.5 Å². The zero-order chi connectivity index (χ0) is 23.5. The molecule has 0 atom stereocenters. The van der Waals surface area contributed by atoms with Gasteiger partial charge in [-0.3, -0.25) is 9.69 Å². The second-order valence-electron chi connectivity index (χ2n) is 8.18. The second kappa shape index (κ2) is 10.0. The molecule has 6 nitrogen and oxygen atoms in total. The van der Waals surface area contributed by atoms with Crippen molar-refractivity contribution in [3.05, 3.63) is 65.2 Å². The summed E-state index contributed by atoms with van der Waals surface area (Å²) in [6.45, 7) is 3.06.